The van der Waals surface area contributed by atoms with Crippen molar-refractivity contribution in [2.75, 3.05) is 17.3 Å². The fourth-order valence-corrected chi connectivity index (χ4v) is 3.23. The fraction of sp³-hybridized carbons (Fsp3) is 0.190. The Labute approximate surface area is 161 Å². The summed E-state index contributed by atoms with van der Waals surface area (Å²) in [6.45, 7) is 1.61. The summed E-state index contributed by atoms with van der Waals surface area (Å²) >= 11 is 0. The van der Waals surface area contributed by atoms with Crippen LogP contribution in [-0.2, 0) is 19.1 Å². The normalized spacial score (nSPS) is 16.8. The molecule has 0 aliphatic carbocycles. The molecule has 0 bridgehead atoms. The molecule has 3 rings (SSSR count). The number of halogens is 1. The number of nitrogens with zero attached hydrogens (tertiary/aromatic N) is 1. The van der Waals surface area contributed by atoms with Gasteiger partial charge in [-0.05, 0) is 43.3 Å². The van der Waals surface area contributed by atoms with Gasteiger partial charge in [-0.1, -0.05) is 18.2 Å². The maximum atomic E-state index is 13.1. The summed E-state index contributed by atoms with van der Waals surface area (Å²) in [4.78, 5) is 39.4. The topological polar surface area (TPSA) is 75.7 Å². The zero-order chi connectivity index (χ0) is 20.3. The first-order valence-corrected chi connectivity index (χ1v) is 8.66. The lowest BCUT2D eigenvalue weighted by Crippen LogP contribution is -2.43. The molecule has 28 heavy (non-hydrogen) atoms. The van der Waals surface area contributed by atoms with E-state index in [-0.39, 0.29) is 17.9 Å². The second-order valence-electron chi connectivity index (χ2n) is 6.31. The van der Waals surface area contributed by atoms with Gasteiger partial charge in [0, 0.05) is 23.5 Å². The van der Waals surface area contributed by atoms with Gasteiger partial charge in [0.2, 0.25) is 11.8 Å². The van der Waals surface area contributed by atoms with Crippen LogP contribution in [0.15, 0.2) is 65.9 Å². The van der Waals surface area contributed by atoms with Crippen LogP contribution in [0.4, 0.5) is 15.8 Å². The van der Waals surface area contributed by atoms with E-state index in [9.17, 15) is 18.8 Å². The van der Waals surface area contributed by atoms with Crippen LogP contribution in [0.2, 0.25) is 0 Å². The number of esters is 1. The molecule has 1 atom stereocenters. The number of carbonyl (C=O) groups excluding carboxylic acids is 3. The minimum Gasteiger partial charge on any atom is -0.466 e. The molecule has 0 aromatic heterocycles. The van der Waals surface area contributed by atoms with Gasteiger partial charge in [0.25, 0.3) is 0 Å². The molecule has 1 N–H and O–H groups in total. The summed E-state index contributed by atoms with van der Waals surface area (Å²) < 4.78 is 17.9. The number of hydrogen-bond acceptors (Lipinski definition) is 4. The molecule has 1 aliphatic heterocycles. The summed E-state index contributed by atoms with van der Waals surface area (Å²) in [5.41, 5.74) is 1.43. The van der Waals surface area contributed by atoms with Crippen molar-refractivity contribution in [1.82, 2.24) is 0 Å². The van der Waals surface area contributed by atoms with Crippen LogP contribution < -0.4 is 10.2 Å². The van der Waals surface area contributed by atoms with E-state index in [0.717, 1.165) is 0 Å². The maximum absolute atomic E-state index is 13.1. The number of carbonyl (C=O) groups is 3. The number of nitrogens with one attached hydrogen (secondary N) is 1. The highest BCUT2D eigenvalue weighted by Crippen LogP contribution is 2.34. The summed E-state index contributed by atoms with van der Waals surface area (Å²) in [6.07, 6.45) is -0.191. The van der Waals surface area contributed by atoms with E-state index in [1.807, 2.05) is 6.07 Å². The average Bonchev–Trinajstić information content (AvgIpc) is 2.69. The minimum absolute atomic E-state index is 0.116. The smallest absolute Gasteiger partial charge is 0.336 e. The first kappa shape index (κ1) is 19.3. The summed E-state index contributed by atoms with van der Waals surface area (Å²) in [5.74, 6) is -2.96. The van der Waals surface area contributed by atoms with Crippen LogP contribution in [0, 0.1) is 11.7 Å². The number of amides is 2. The minimum atomic E-state index is -1.01. The van der Waals surface area contributed by atoms with Crippen LogP contribution in [0.5, 0.6) is 0 Å². The van der Waals surface area contributed by atoms with Crippen molar-refractivity contribution in [3.8, 4) is 0 Å². The lowest BCUT2D eigenvalue weighted by molar-refractivity contribution is -0.138. The van der Waals surface area contributed by atoms with Gasteiger partial charge in [0.15, 0.2) is 0 Å². The monoisotopic (exact) mass is 382 g/mol. The first-order valence-electron chi connectivity index (χ1n) is 8.66. The van der Waals surface area contributed by atoms with Crippen molar-refractivity contribution in [2.45, 2.75) is 13.3 Å². The van der Waals surface area contributed by atoms with Gasteiger partial charge in [0.1, 0.15) is 5.82 Å². The van der Waals surface area contributed by atoms with E-state index in [4.69, 9.17) is 4.74 Å². The molecule has 1 aliphatic rings. The largest absolute Gasteiger partial charge is 0.466 e. The molecule has 1 unspecified atom stereocenters. The molecule has 0 fully saturated rings. The summed E-state index contributed by atoms with van der Waals surface area (Å²) in [5, 5.41) is 2.63. The predicted molar refractivity (Wildman–Crippen MR) is 102 cm³/mol. The molecule has 2 amide bonds. The quantitative estimate of drug-likeness (QED) is 0.824. The van der Waals surface area contributed by atoms with Crippen molar-refractivity contribution >= 4 is 29.2 Å². The van der Waals surface area contributed by atoms with Gasteiger partial charge in [-0.25, -0.2) is 9.18 Å². The number of methoxy groups -OCH3 is 1. The maximum Gasteiger partial charge on any atom is 0.336 e. The lowest BCUT2D eigenvalue weighted by atomic mass is 9.88. The average molecular weight is 382 g/mol. The Kier molecular flexibility index (Phi) is 5.54. The highest BCUT2D eigenvalue weighted by molar-refractivity contribution is 6.10. The van der Waals surface area contributed by atoms with Gasteiger partial charge in [-0.3, -0.25) is 14.5 Å². The number of allylic oxidation sites excluding steroid dienone is 1. The Balaban J connectivity index is 1.97. The number of para-hydroxylation sites is 1. The SMILES string of the molecule is COC(=O)C1=C(C)N(c2ccccc2)C(=O)CC1C(=O)Nc1ccc(F)cc1. The lowest BCUT2D eigenvalue weighted by Gasteiger charge is -2.33. The molecule has 0 spiro atoms. The second kappa shape index (κ2) is 8.04. The molecule has 0 saturated heterocycles. The highest BCUT2D eigenvalue weighted by atomic mass is 19.1. The zero-order valence-corrected chi connectivity index (χ0v) is 15.4. The molecule has 7 heteroatoms. The molecule has 2 aromatic carbocycles. The number of benzene rings is 2. The van der Waals surface area contributed by atoms with Gasteiger partial charge < -0.3 is 10.1 Å². The Bertz CT molecular complexity index is 939. The molecule has 0 saturated carbocycles. The second-order valence-corrected chi connectivity index (χ2v) is 6.31. The molecular weight excluding hydrogens is 363 g/mol. The van der Waals surface area contributed by atoms with Gasteiger partial charge in [-0.15, -0.1) is 0 Å². The van der Waals surface area contributed by atoms with Crippen molar-refractivity contribution in [1.29, 1.82) is 0 Å². The highest BCUT2D eigenvalue weighted by Gasteiger charge is 2.40. The van der Waals surface area contributed by atoms with Crippen LogP contribution in [0.1, 0.15) is 13.3 Å². The molecule has 2 aromatic rings. The summed E-state index contributed by atoms with van der Waals surface area (Å²) in [6, 6.07) is 14.1. The fourth-order valence-electron chi connectivity index (χ4n) is 3.23. The molecule has 6 nitrogen and oxygen atoms in total. The Morgan fingerprint density at radius 1 is 1.11 bits per heavy atom. The van der Waals surface area contributed by atoms with Crippen molar-refractivity contribution in [3.63, 3.8) is 0 Å². The van der Waals surface area contributed by atoms with Crippen molar-refractivity contribution < 1.29 is 23.5 Å². The van der Waals surface area contributed by atoms with Gasteiger partial charge >= 0.3 is 5.97 Å². The van der Waals surface area contributed by atoms with Crippen LogP contribution in [0.25, 0.3) is 0 Å². The number of anilines is 2. The number of hydrogen-bond donors (Lipinski definition) is 1. The van der Waals surface area contributed by atoms with Crippen molar-refractivity contribution in [2.24, 2.45) is 5.92 Å². The van der Waals surface area contributed by atoms with E-state index in [1.54, 1.807) is 31.2 Å². The number of ether oxygens (including phenoxy) is 1. The molecule has 1 heterocycles. The van der Waals surface area contributed by atoms with E-state index in [2.05, 4.69) is 5.32 Å². The Hall–Kier alpha value is -3.48. The third kappa shape index (κ3) is 3.78. The van der Waals surface area contributed by atoms with Crippen molar-refractivity contribution in [3.05, 3.63) is 71.7 Å². The standard InChI is InChI=1S/C21H19FN2O4/c1-13-19(21(27)28-2)17(20(26)23-15-10-8-14(22)9-11-15)12-18(25)24(13)16-6-4-3-5-7-16/h3-11,17H,12H2,1-2H3,(H,23,26). The first-order chi connectivity index (χ1) is 13.4. The van der Waals surface area contributed by atoms with Gasteiger partial charge in [0.05, 0.1) is 18.6 Å². The third-order valence-electron chi connectivity index (χ3n) is 4.55. The third-order valence-corrected chi connectivity index (χ3v) is 4.55. The molecular formula is C21H19FN2O4. The molecule has 0 radical (unpaired) electrons. The van der Waals surface area contributed by atoms with E-state index in [0.29, 0.717) is 17.1 Å². The predicted octanol–water partition coefficient (Wildman–Crippen LogP) is 3.26. The van der Waals surface area contributed by atoms with E-state index >= 15 is 0 Å². The summed E-state index contributed by atoms with van der Waals surface area (Å²) in [7, 11) is 1.22. The Morgan fingerprint density at radius 3 is 2.36 bits per heavy atom. The van der Waals surface area contributed by atoms with Crippen LogP contribution >= 0.6 is 0 Å². The van der Waals surface area contributed by atoms with Crippen LogP contribution in [-0.4, -0.2) is 24.9 Å². The molecule has 144 valence electrons. The van der Waals surface area contributed by atoms with Gasteiger partial charge in [-0.2, -0.15) is 0 Å². The Morgan fingerprint density at radius 2 is 1.75 bits per heavy atom. The van der Waals surface area contributed by atoms with E-state index in [1.165, 1.54) is 36.3 Å². The number of rotatable bonds is 4. The zero-order valence-electron chi connectivity index (χ0n) is 15.4. The van der Waals surface area contributed by atoms with E-state index < -0.39 is 23.6 Å². The van der Waals surface area contributed by atoms with Crippen LogP contribution in [0.3, 0.4) is 0 Å².